The second-order valence-electron chi connectivity index (χ2n) is 8.12. The second-order valence-corrected chi connectivity index (χ2v) is 10.0. The molecule has 9 nitrogen and oxygen atoms in total. The summed E-state index contributed by atoms with van der Waals surface area (Å²) in [4.78, 5) is 15.3. The van der Waals surface area contributed by atoms with Crippen LogP contribution < -0.4 is 9.64 Å². The Labute approximate surface area is 188 Å². The van der Waals surface area contributed by atoms with Crippen molar-refractivity contribution < 1.29 is 13.2 Å². The van der Waals surface area contributed by atoms with Crippen LogP contribution in [0.3, 0.4) is 0 Å². The Morgan fingerprint density at radius 1 is 1.00 bits per heavy atom. The van der Waals surface area contributed by atoms with Gasteiger partial charge in [0.1, 0.15) is 23.2 Å². The molecule has 1 aromatic carbocycles. The molecular formula is C22H28N6O3S. The lowest BCUT2D eigenvalue weighted by Gasteiger charge is -2.34. The molecule has 0 aliphatic carbocycles. The fraction of sp³-hybridized carbons (Fsp3) is 0.409. The molecule has 1 fully saturated rings. The molecule has 1 saturated heterocycles. The first-order valence-corrected chi connectivity index (χ1v) is 12.0. The standard InChI is InChI=1S/C22H28N6O3S/c1-16(2)22-25-21(15-26(22)4)32(29,30)28-12-10-27(11-13-28)19-14-20(24-17(3)23-19)31-18-8-6-5-7-9-18/h5-9,14-16H,10-13H2,1-4H3. The van der Waals surface area contributed by atoms with E-state index in [-0.39, 0.29) is 10.9 Å². The molecule has 1 aliphatic heterocycles. The quantitative estimate of drug-likeness (QED) is 0.563. The monoisotopic (exact) mass is 456 g/mol. The summed E-state index contributed by atoms with van der Waals surface area (Å²) in [6.45, 7) is 7.56. The van der Waals surface area contributed by atoms with Crippen LogP contribution in [0.25, 0.3) is 0 Å². The molecule has 170 valence electrons. The SMILES string of the molecule is Cc1nc(Oc2ccccc2)cc(N2CCN(S(=O)(=O)c3cn(C)c(C(C)C)n3)CC2)n1. The van der Waals surface area contributed by atoms with Crippen LogP contribution in [0, 0.1) is 6.92 Å². The molecule has 0 bridgehead atoms. The van der Waals surface area contributed by atoms with Gasteiger partial charge < -0.3 is 14.2 Å². The average Bonchev–Trinajstić information content (AvgIpc) is 3.17. The van der Waals surface area contributed by atoms with E-state index in [0.29, 0.717) is 43.6 Å². The minimum absolute atomic E-state index is 0.105. The summed E-state index contributed by atoms with van der Waals surface area (Å²) in [5.41, 5.74) is 0. The van der Waals surface area contributed by atoms with E-state index < -0.39 is 10.0 Å². The zero-order valence-corrected chi connectivity index (χ0v) is 19.6. The van der Waals surface area contributed by atoms with Gasteiger partial charge in [-0.3, -0.25) is 0 Å². The van der Waals surface area contributed by atoms with E-state index in [2.05, 4.69) is 19.9 Å². The highest BCUT2D eigenvalue weighted by atomic mass is 32.2. The van der Waals surface area contributed by atoms with Gasteiger partial charge >= 0.3 is 0 Å². The van der Waals surface area contributed by atoms with E-state index in [9.17, 15) is 8.42 Å². The van der Waals surface area contributed by atoms with Gasteiger partial charge in [-0.2, -0.15) is 9.29 Å². The van der Waals surface area contributed by atoms with E-state index in [1.807, 2.05) is 58.2 Å². The third-order valence-corrected chi connectivity index (χ3v) is 7.11. The van der Waals surface area contributed by atoms with Crippen molar-refractivity contribution in [3.63, 3.8) is 0 Å². The Morgan fingerprint density at radius 2 is 1.69 bits per heavy atom. The molecule has 2 aromatic heterocycles. The molecular weight excluding hydrogens is 428 g/mol. The van der Waals surface area contributed by atoms with Crippen molar-refractivity contribution in [2.45, 2.75) is 31.7 Å². The maximum Gasteiger partial charge on any atom is 0.262 e. The van der Waals surface area contributed by atoms with Gasteiger partial charge in [0.2, 0.25) is 5.88 Å². The molecule has 0 radical (unpaired) electrons. The van der Waals surface area contributed by atoms with Crippen molar-refractivity contribution in [3.05, 3.63) is 54.2 Å². The van der Waals surface area contributed by atoms with Crippen molar-refractivity contribution in [2.75, 3.05) is 31.1 Å². The van der Waals surface area contributed by atoms with E-state index in [1.165, 1.54) is 4.31 Å². The van der Waals surface area contributed by atoms with E-state index >= 15 is 0 Å². The molecule has 3 aromatic rings. The second kappa shape index (κ2) is 8.87. The summed E-state index contributed by atoms with van der Waals surface area (Å²) in [7, 11) is -1.82. The predicted molar refractivity (Wildman–Crippen MR) is 122 cm³/mol. The number of ether oxygens (including phenoxy) is 1. The lowest BCUT2D eigenvalue weighted by Crippen LogP contribution is -2.49. The first-order chi connectivity index (χ1) is 15.2. The average molecular weight is 457 g/mol. The van der Waals surface area contributed by atoms with Gasteiger partial charge in [0, 0.05) is 51.4 Å². The molecule has 10 heteroatoms. The fourth-order valence-corrected chi connectivity index (χ4v) is 5.16. The van der Waals surface area contributed by atoms with Crippen LogP contribution in [0.5, 0.6) is 11.6 Å². The highest BCUT2D eigenvalue weighted by Crippen LogP contribution is 2.25. The summed E-state index contributed by atoms with van der Waals surface area (Å²) in [5, 5.41) is 0.105. The maximum absolute atomic E-state index is 13.1. The van der Waals surface area contributed by atoms with Crippen molar-refractivity contribution in [1.82, 2.24) is 23.8 Å². The van der Waals surface area contributed by atoms with Gasteiger partial charge in [-0.05, 0) is 19.1 Å². The lowest BCUT2D eigenvalue weighted by atomic mass is 10.2. The van der Waals surface area contributed by atoms with E-state index in [0.717, 1.165) is 11.6 Å². The van der Waals surface area contributed by atoms with Crippen LogP contribution in [0.4, 0.5) is 5.82 Å². The number of nitrogens with zero attached hydrogens (tertiary/aromatic N) is 6. The number of piperazine rings is 1. The summed E-state index contributed by atoms with van der Waals surface area (Å²) >= 11 is 0. The number of benzene rings is 1. The topological polar surface area (TPSA) is 93.5 Å². The number of imidazole rings is 1. The largest absolute Gasteiger partial charge is 0.439 e. The van der Waals surface area contributed by atoms with Gasteiger partial charge in [-0.15, -0.1) is 0 Å². The highest BCUT2D eigenvalue weighted by Gasteiger charge is 2.31. The van der Waals surface area contributed by atoms with Crippen molar-refractivity contribution in [1.29, 1.82) is 0 Å². The Morgan fingerprint density at radius 3 is 2.31 bits per heavy atom. The van der Waals surface area contributed by atoms with Gasteiger partial charge in [0.15, 0.2) is 5.03 Å². The van der Waals surface area contributed by atoms with Gasteiger partial charge in [-0.25, -0.2) is 18.4 Å². The molecule has 4 rings (SSSR count). The third kappa shape index (κ3) is 4.61. The first kappa shape index (κ1) is 22.2. The number of para-hydroxylation sites is 1. The fourth-order valence-electron chi connectivity index (χ4n) is 3.75. The van der Waals surface area contributed by atoms with Crippen molar-refractivity contribution in [2.24, 2.45) is 7.05 Å². The number of anilines is 1. The summed E-state index contributed by atoms with van der Waals surface area (Å²) < 4.78 is 35.4. The van der Waals surface area contributed by atoms with Crippen LogP contribution in [-0.4, -0.2) is 58.4 Å². The van der Waals surface area contributed by atoms with Crippen molar-refractivity contribution in [3.8, 4) is 11.6 Å². The van der Waals surface area contributed by atoms with Crippen LogP contribution in [0.2, 0.25) is 0 Å². The Kier molecular flexibility index (Phi) is 6.16. The molecule has 0 atom stereocenters. The molecule has 0 unspecified atom stereocenters. The van der Waals surface area contributed by atoms with Gasteiger partial charge in [0.05, 0.1) is 0 Å². The first-order valence-electron chi connectivity index (χ1n) is 10.6. The molecule has 0 saturated carbocycles. The minimum Gasteiger partial charge on any atom is -0.439 e. The molecule has 32 heavy (non-hydrogen) atoms. The van der Waals surface area contributed by atoms with Gasteiger partial charge in [-0.1, -0.05) is 32.0 Å². The number of hydrogen-bond donors (Lipinski definition) is 0. The Hall–Kier alpha value is -2.98. The van der Waals surface area contributed by atoms with Crippen LogP contribution in [0.1, 0.15) is 31.4 Å². The molecule has 0 N–H and O–H groups in total. The molecule has 3 heterocycles. The highest BCUT2D eigenvalue weighted by molar-refractivity contribution is 7.89. The van der Waals surface area contributed by atoms with Gasteiger partial charge in [0.25, 0.3) is 10.0 Å². The van der Waals surface area contributed by atoms with E-state index in [1.54, 1.807) is 16.8 Å². The van der Waals surface area contributed by atoms with E-state index in [4.69, 9.17) is 4.74 Å². The maximum atomic E-state index is 13.1. The normalized spacial score (nSPS) is 15.3. The number of rotatable bonds is 6. The molecule has 0 spiro atoms. The minimum atomic E-state index is -3.64. The lowest BCUT2D eigenvalue weighted by molar-refractivity contribution is 0.381. The summed E-state index contributed by atoms with van der Waals surface area (Å²) in [6, 6.07) is 11.2. The number of aryl methyl sites for hydroxylation is 2. The zero-order chi connectivity index (χ0) is 22.9. The number of sulfonamides is 1. The zero-order valence-electron chi connectivity index (χ0n) is 18.8. The van der Waals surface area contributed by atoms with Crippen molar-refractivity contribution >= 4 is 15.8 Å². The Balaban J connectivity index is 1.47. The smallest absolute Gasteiger partial charge is 0.262 e. The van der Waals surface area contributed by atoms with Crippen LogP contribution in [-0.2, 0) is 17.1 Å². The summed E-state index contributed by atoms with van der Waals surface area (Å²) in [6.07, 6.45) is 1.60. The summed E-state index contributed by atoms with van der Waals surface area (Å²) in [5.74, 6) is 3.38. The van der Waals surface area contributed by atoms with Crippen LogP contribution in [0.15, 0.2) is 47.6 Å². The third-order valence-electron chi connectivity index (χ3n) is 5.34. The van der Waals surface area contributed by atoms with Crippen LogP contribution >= 0.6 is 0 Å². The number of hydrogen-bond acceptors (Lipinski definition) is 7. The molecule has 0 amide bonds. The predicted octanol–water partition coefficient (Wildman–Crippen LogP) is 2.95. The Bertz CT molecular complexity index is 1190. The number of aromatic nitrogens is 4. The molecule has 1 aliphatic rings.